The van der Waals surface area contributed by atoms with Crippen LogP contribution in [0.15, 0.2) is 24.3 Å². The van der Waals surface area contributed by atoms with Gasteiger partial charge in [-0.3, -0.25) is 4.79 Å². The van der Waals surface area contributed by atoms with Crippen molar-refractivity contribution in [2.45, 2.75) is 32.7 Å². The van der Waals surface area contributed by atoms with Crippen molar-refractivity contribution in [3.63, 3.8) is 0 Å². The zero-order valence-corrected chi connectivity index (χ0v) is 11.1. The van der Waals surface area contributed by atoms with Gasteiger partial charge in [0.2, 0.25) is 0 Å². The maximum atomic E-state index is 12.0. The maximum absolute atomic E-state index is 12.0. The van der Waals surface area contributed by atoms with Crippen molar-refractivity contribution in [2.75, 3.05) is 13.2 Å². The van der Waals surface area contributed by atoms with Gasteiger partial charge in [0.05, 0.1) is 12.2 Å². The van der Waals surface area contributed by atoms with Crippen LogP contribution in [0.2, 0.25) is 0 Å². The topological polar surface area (TPSA) is 64.3 Å². The fourth-order valence-electron chi connectivity index (χ4n) is 1.61. The van der Waals surface area contributed by atoms with E-state index in [1.54, 1.807) is 12.1 Å². The number of nitrogens with two attached hydrogens (primary N) is 1. The van der Waals surface area contributed by atoms with Gasteiger partial charge in [-0.05, 0) is 31.9 Å². The van der Waals surface area contributed by atoms with Crippen LogP contribution in [-0.4, -0.2) is 25.1 Å². The van der Waals surface area contributed by atoms with Gasteiger partial charge in [-0.15, -0.1) is 0 Å². The average Bonchev–Trinajstić information content (AvgIpc) is 2.39. The first-order valence-electron chi connectivity index (χ1n) is 6.44. The van der Waals surface area contributed by atoms with Gasteiger partial charge in [0.15, 0.2) is 0 Å². The summed E-state index contributed by atoms with van der Waals surface area (Å²) in [6.07, 6.45) is 1.71. The van der Waals surface area contributed by atoms with Crippen LogP contribution >= 0.6 is 0 Å². The molecular weight excluding hydrogens is 228 g/mol. The highest BCUT2D eigenvalue weighted by Gasteiger charge is 2.11. The van der Waals surface area contributed by atoms with Crippen LogP contribution in [0.4, 0.5) is 0 Å². The highest BCUT2D eigenvalue weighted by molar-refractivity contribution is 5.96. The van der Waals surface area contributed by atoms with Crippen molar-refractivity contribution < 1.29 is 9.53 Å². The standard InChI is InChI=1S/C14H22N2O2/c1-3-11(15)9-10-16-14(17)12-7-5-6-8-13(12)18-4-2/h5-8,11H,3-4,9-10,15H2,1-2H3,(H,16,17). The van der Waals surface area contributed by atoms with Gasteiger partial charge < -0.3 is 15.8 Å². The Balaban J connectivity index is 2.55. The molecule has 0 saturated carbocycles. The molecule has 0 saturated heterocycles. The molecule has 4 heteroatoms. The smallest absolute Gasteiger partial charge is 0.255 e. The summed E-state index contributed by atoms with van der Waals surface area (Å²) in [5.41, 5.74) is 6.37. The van der Waals surface area contributed by atoms with E-state index < -0.39 is 0 Å². The van der Waals surface area contributed by atoms with Gasteiger partial charge in [0.1, 0.15) is 5.75 Å². The van der Waals surface area contributed by atoms with Crippen LogP contribution in [0.1, 0.15) is 37.0 Å². The first-order valence-corrected chi connectivity index (χ1v) is 6.44. The molecule has 1 atom stereocenters. The van der Waals surface area contributed by atoms with Gasteiger partial charge >= 0.3 is 0 Å². The number of ether oxygens (including phenoxy) is 1. The van der Waals surface area contributed by atoms with E-state index in [1.807, 2.05) is 26.0 Å². The lowest BCUT2D eigenvalue weighted by molar-refractivity contribution is 0.0949. The van der Waals surface area contributed by atoms with Crippen LogP contribution in [0, 0.1) is 0 Å². The minimum Gasteiger partial charge on any atom is -0.493 e. The summed E-state index contributed by atoms with van der Waals surface area (Å²) in [5.74, 6) is 0.514. The first-order chi connectivity index (χ1) is 8.69. The Labute approximate surface area is 109 Å². The molecule has 0 bridgehead atoms. The lowest BCUT2D eigenvalue weighted by Crippen LogP contribution is -2.30. The molecule has 100 valence electrons. The number of rotatable bonds is 7. The summed E-state index contributed by atoms with van der Waals surface area (Å²) >= 11 is 0. The van der Waals surface area contributed by atoms with E-state index in [9.17, 15) is 4.79 Å². The molecule has 0 aromatic heterocycles. The number of amides is 1. The van der Waals surface area contributed by atoms with Gasteiger partial charge in [-0.2, -0.15) is 0 Å². The fourth-order valence-corrected chi connectivity index (χ4v) is 1.61. The second-order valence-electron chi connectivity index (χ2n) is 4.14. The molecule has 1 aromatic rings. The highest BCUT2D eigenvalue weighted by Crippen LogP contribution is 2.17. The van der Waals surface area contributed by atoms with Crippen LogP contribution in [0.3, 0.4) is 0 Å². The third-order valence-electron chi connectivity index (χ3n) is 2.76. The number of para-hydroxylation sites is 1. The van der Waals surface area contributed by atoms with Crippen molar-refractivity contribution in [1.82, 2.24) is 5.32 Å². The molecule has 4 nitrogen and oxygen atoms in total. The Morgan fingerprint density at radius 2 is 2.11 bits per heavy atom. The Kier molecular flexibility index (Phi) is 6.22. The quantitative estimate of drug-likeness (QED) is 0.777. The minimum atomic E-state index is -0.109. The summed E-state index contributed by atoms with van der Waals surface area (Å²) in [6.45, 7) is 5.07. The molecular formula is C14H22N2O2. The Hall–Kier alpha value is -1.55. The SMILES string of the molecule is CCOc1ccccc1C(=O)NCCC(N)CC. The number of benzene rings is 1. The molecule has 0 aliphatic heterocycles. The largest absolute Gasteiger partial charge is 0.493 e. The zero-order valence-electron chi connectivity index (χ0n) is 11.1. The summed E-state index contributed by atoms with van der Waals surface area (Å²) < 4.78 is 5.42. The molecule has 1 rings (SSSR count). The number of carbonyl (C=O) groups excluding carboxylic acids is 1. The van der Waals surface area contributed by atoms with Crippen LogP contribution < -0.4 is 15.8 Å². The lowest BCUT2D eigenvalue weighted by atomic mass is 10.1. The Morgan fingerprint density at radius 1 is 1.39 bits per heavy atom. The normalized spacial score (nSPS) is 11.9. The average molecular weight is 250 g/mol. The van der Waals surface area contributed by atoms with Crippen LogP contribution in [0.25, 0.3) is 0 Å². The lowest BCUT2D eigenvalue weighted by Gasteiger charge is -2.12. The summed E-state index contributed by atoms with van der Waals surface area (Å²) in [4.78, 5) is 12.0. The third kappa shape index (κ3) is 4.37. The molecule has 0 aliphatic rings. The molecule has 0 heterocycles. The van der Waals surface area contributed by atoms with E-state index >= 15 is 0 Å². The molecule has 0 spiro atoms. The summed E-state index contributed by atoms with van der Waals surface area (Å²) in [6, 6.07) is 7.40. The van der Waals surface area contributed by atoms with Crippen molar-refractivity contribution in [1.29, 1.82) is 0 Å². The van der Waals surface area contributed by atoms with E-state index in [2.05, 4.69) is 5.32 Å². The van der Waals surface area contributed by atoms with Crippen molar-refractivity contribution in [2.24, 2.45) is 5.73 Å². The van der Waals surface area contributed by atoms with E-state index in [1.165, 1.54) is 0 Å². The van der Waals surface area contributed by atoms with E-state index in [-0.39, 0.29) is 11.9 Å². The summed E-state index contributed by atoms with van der Waals surface area (Å²) in [7, 11) is 0. The second kappa shape index (κ2) is 7.71. The molecule has 1 unspecified atom stereocenters. The van der Waals surface area contributed by atoms with E-state index in [4.69, 9.17) is 10.5 Å². The molecule has 3 N–H and O–H groups in total. The number of carbonyl (C=O) groups is 1. The van der Waals surface area contributed by atoms with Crippen LogP contribution in [-0.2, 0) is 0 Å². The van der Waals surface area contributed by atoms with E-state index in [0.29, 0.717) is 24.5 Å². The molecule has 1 aromatic carbocycles. The molecule has 0 radical (unpaired) electrons. The highest BCUT2D eigenvalue weighted by atomic mass is 16.5. The zero-order chi connectivity index (χ0) is 13.4. The number of hydrogen-bond acceptors (Lipinski definition) is 3. The van der Waals surface area contributed by atoms with Gasteiger partial charge in [0, 0.05) is 12.6 Å². The molecule has 18 heavy (non-hydrogen) atoms. The van der Waals surface area contributed by atoms with Gasteiger partial charge in [-0.25, -0.2) is 0 Å². The first kappa shape index (κ1) is 14.5. The van der Waals surface area contributed by atoms with Gasteiger partial charge in [0.25, 0.3) is 5.91 Å². The van der Waals surface area contributed by atoms with Crippen molar-refractivity contribution in [3.8, 4) is 5.75 Å². The third-order valence-corrected chi connectivity index (χ3v) is 2.76. The monoisotopic (exact) mass is 250 g/mol. The molecule has 0 fully saturated rings. The van der Waals surface area contributed by atoms with E-state index in [0.717, 1.165) is 12.8 Å². The van der Waals surface area contributed by atoms with Crippen molar-refractivity contribution >= 4 is 5.91 Å². The fraction of sp³-hybridized carbons (Fsp3) is 0.500. The summed E-state index contributed by atoms with van der Waals surface area (Å²) in [5, 5.41) is 2.86. The predicted molar refractivity (Wildman–Crippen MR) is 72.8 cm³/mol. The second-order valence-corrected chi connectivity index (χ2v) is 4.14. The maximum Gasteiger partial charge on any atom is 0.255 e. The molecule has 0 aliphatic carbocycles. The Morgan fingerprint density at radius 3 is 2.78 bits per heavy atom. The minimum absolute atomic E-state index is 0.109. The Bertz CT molecular complexity index is 380. The van der Waals surface area contributed by atoms with Gasteiger partial charge in [-0.1, -0.05) is 19.1 Å². The molecule has 1 amide bonds. The number of hydrogen-bond donors (Lipinski definition) is 2. The van der Waals surface area contributed by atoms with Crippen molar-refractivity contribution in [3.05, 3.63) is 29.8 Å². The predicted octanol–water partition coefficient (Wildman–Crippen LogP) is 1.94. The number of nitrogens with one attached hydrogen (secondary N) is 1. The van der Waals surface area contributed by atoms with Crippen LogP contribution in [0.5, 0.6) is 5.75 Å².